The normalized spacial score (nSPS) is 10.7. The number of unbranched alkanes of at least 4 members (excludes halogenated alkanes) is 1. The Morgan fingerprint density at radius 1 is 0.939 bits per heavy atom. The van der Waals surface area contributed by atoms with E-state index >= 15 is 0 Å². The number of carbonyl (C=O) groups excluding carboxylic acids is 2. The van der Waals surface area contributed by atoms with E-state index in [1.807, 2.05) is 24.3 Å². The van der Waals surface area contributed by atoms with Crippen LogP contribution in [0.3, 0.4) is 0 Å². The standard InChI is InChI=1S/C26H25ClN2O4/c1-2-3-4-19-5-13-23(14-6-19)32-18-25(30)29-28-17-20-7-15-24(16-8-20)33-26(31)21-9-11-22(27)12-10-21/h5-17H,2-4,18H2,1H3,(H,29,30)/b28-17-. The lowest BCUT2D eigenvalue weighted by Gasteiger charge is -2.06. The zero-order valence-electron chi connectivity index (χ0n) is 18.3. The number of benzene rings is 3. The van der Waals surface area contributed by atoms with Gasteiger partial charge in [-0.3, -0.25) is 4.79 Å². The Bertz CT molecular complexity index is 1080. The van der Waals surface area contributed by atoms with Crippen LogP contribution in [0.5, 0.6) is 11.5 Å². The minimum Gasteiger partial charge on any atom is -0.484 e. The van der Waals surface area contributed by atoms with Gasteiger partial charge in [0.15, 0.2) is 6.61 Å². The zero-order chi connectivity index (χ0) is 23.5. The molecule has 0 radical (unpaired) electrons. The topological polar surface area (TPSA) is 77.0 Å². The highest BCUT2D eigenvalue weighted by molar-refractivity contribution is 6.30. The molecule has 170 valence electrons. The molecular formula is C26H25ClN2O4. The van der Waals surface area contributed by atoms with E-state index in [1.54, 1.807) is 48.5 Å². The van der Waals surface area contributed by atoms with Crippen molar-refractivity contribution in [3.8, 4) is 11.5 Å². The Morgan fingerprint density at radius 3 is 2.27 bits per heavy atom. The summed E-state index contributed by atoms with van der Waals surface area (Å²) >= 11 is 5.82. The van der Waals surface area contributed by atoms with Crippen molar-refractivity contribution in [2.45, 2.75) is 26.2 Å². The molecule has 7 heteroatoms. The monoisotopic (exact) mass is 464 g/mol. The number of amides is 1. The molecule has 3 aromatic rings. The number of carbonyl (C=O) groups is 2. The number of rotatable bonds is 10. The molecule has 0 saturated heterocycles. The fraction of sp³-hybridized carbons (Fsp3) is 0.192. The number of halogens is 1. The molecule has 0 atom stereocenters. The molecule has 6 nitrogen and oxygen atoms in total. The van der Waals surface area contributed by atoms with Crippen molar-refractivity contribution in [1.82, 2.24) is 5.43 Å². The van der Waals surface area contributed by atoms with Gasteiger partial charge in [-0.05, 0) is 84.6 Å². The Labute approximate surface area is 198 Å². The average molecular weight is 465 g/mol. The predicted octanol–water partition coefficient (Wildman–Crippen LogP) is 5.43. The summed E-state index contributed by atoms with van der Waals surface area (Å²) in [7, 11) is 0. The summed E-state index contributed by atoms with van der Waals surface area (Å²) in [6.07, 6.45) is 4.84. The lowest BCUT2D eigenvalue weighted by atomic mass is 10.1. The SMILES string of the molecule is CCCCc1ccc(OCC(=O)N/N=C\c2ccc(OC(=O)c3ccc(Cl)cc3)cc2)cc1. The first-order chi connectivity index (χ1) is 16.0. The van der Waals surface area contributed by atoms with Gasteiger partial charge in [0.2, 0.25) is 0 Å². The molecule has 3 rings (SSSR count). The lowest BCUT2D eigenvalue weighted by molar-refractivity contribution is -0.123. The van der Waals surface area contributed by atoms with E-state index in [0.29, 0.717) is 22.1 Å². The first-order valence-electron chi connectivity index (χ1n) is 10.6. The minimum absolute atomic E-state index is 0.134. The number of esters is 1. The van der Waals surface area contributed by atoms with E-state index in [2.05, 4.69) is 17.5 Å². The molecule has 0 bridgehead atoms. The summed E-state index contributed by atoms with van der Waals surface area (Å²) in [4.78, 5) is 24.1. The van der Waals surface area contributed by atoms with Gasteiger partial charge in [0.05, 0.1) is 11.8 Å². The maximum Gasteiger partial charge on any atom is 0.343 e. The third-order valence-corrected chi connectivity index (χ3v) is 4.94. The molecule has 0 heterocycles. The van der Waals surface area contributed by atoms with Crippen LogP contribution in [0.4, 0.5) is 0 Å². The van der Waals surface area contributed by atoms with E-state index in [1.165, 1.54) is 11.8 Å². The van der Waals surface area contributed by atoms with Crippen molar-refractivity contribution in [1.29, 1.82) is 0 Å². The van der Waals surface area contributed by atoms with Gasteiger partial charge in [-0.15, -0.1) is 0 Å². The quantitative estimate of drug-likeness (QED) is 0.188. The lowest BCUT2D eigenvalue weighted by Crippen LogP contribution is -2.24. The molecular weight excluding hydrogens is 440 g/mol. The van der Waals surface area contributed by atoms with Crippen LogP contribution in [0.15, 0.2) is 77.9 Å². The molecule has 1 N–H and O–H groups in total. The summed E-state index contributed by atoms with van der Waals surface area (Å²) in [5, 5.41) is 4.47. The molecule has 0 aliphatic rings. The maximum absolute atomic E-state index is 12.1. The average Bonchev–Trinajstić information content (AvgIpc) is 2.83. The number of ether oxygens (including phenoxy) is 2. The summed E-state index contributed by atoms with van der Waals surface area (Å²) in [6.45, 7) is 2.03. The van der Waals surface area contributed by atoms with E-state index in [9.17, 15) is 9.59 Å². The van der Waals surface area contributed by atoms with Gasteiger partial charge in [0.25, 0.3) is 5.91 Å². The molecule has 33 heavy (non-hydrogen) atoms. The number of hydrogen-bond acceptors (Lipinski definition) is 5. The van der Waals surface area contributed by atoms with Crippen molar-refractivity contribution < 1.29 is 19.1 Å². The van der Waals surface area contributed by atoms with Gasteiger partial charge >= 0.3 is 5.97 Å². The number of aryl methyl sites for hydroxylation is 1. The van der Waals surface area contributed by atoms with Gasteiger partial charge in [0.1, 0.15) is 11.5 Å². The van der Waals surface area contributed by atoms with Crippen molar-refractivity contribution in [2.24, 2.45) is 5.10 Å². The van der Waals surface area contributed by atoms with E-state index in [4.69, 9.17) is 21.1 Å². The molecule has 0 aliphatic heterocycles. The second-order valence-corrected chi connectivity index (χ2v) is 7.73. The summed E-state index contributed by atoms with van der Waals surface area (Å²) in [5.41, 5.74) is 4.81. The van der Waals surface area contributed by atoms with Gasteiger partial charge in [-0.1, -0.05) is 37.1 Å². The Kier molecular flexibility index (Phi) is 9.03. The van der Waals surface area contributed by atoms with Crippen LogP contribution < -0.4 is 14.9 Å². The molecule has 1 amide bonds. The predicted molar refractivity (Wildman–Crippen MR) is 129 cm³/mol. The molecule has 0 saturated carbocycles. The van der Waals surface area contributed by atoms with Gasteiger partial charge < -0.3 is 9.47 Å². The molecule has 0 aromatic heterocycles. The van der Waals surface area contributed by atoms with E-state index < -0.39 is 5.97 Å². The van der Waals surface area contributed by atoms with Crippen molar-refractivity contribution in [3.05, 3.63) is 94.5 Å². The Morgan fingerprint density at radius 2 is 1.61 bits per heavy atom. The Hall–Kier alpha value is -3.64. The second kappa shape index (κ2) is 12.4. The molecule has 0 fully saturated rings. The summed E-state index contributed by atoms with van der Waals surface area (Å²) in [5.74, 6) is 0.189. The summed E-state index contributed by atoms with van der Waals surface area (Å²) < 4.78 is 10.8. The molecule has 0 unspecified atom stereocenters. The van der Waals surface area contributed by atoms with Crippen LogP contribution in [-0.4, -0.2) is 24.7 Å². The van der Waals surface area contributed by atoms with Crippen LogP contribution >= 0.6 is 11.6 Å². The highest BCUT2D eigenvalue weighted by Crippen LogP contribution is 2.16. The largest absolute Gasteiger partial charge is 0.484 e. The minimum atomic E-state index is -0.476. The van der Waals surface area contributed by atoms with Gasteiger partial charge in [0, 0.05) is 5.02 Å². The smallest absolute Gasteiger partial charge is 0.343 e. The number of hydrogen-bond donors (Lipinski definition) is 1. The third-order valence-electron chi connectivity index (χ3n) is 4.69. The Balaban J connectivity index is 1.41. The summed E-state index contributed by atoms with van der Waals surface area (Å²) in [6, 6.07) is 20.9. The third kappa shape index (κ3) is 8.09. The van der Waals surface area contributed by atoms with E-state index in [-0.39, 0.29) is 12.5 Å². The van der Waals surface area contributed by atoms with Crippen molar-refractivity contribution in [2.75, 3.05) is 6.61 Å². The maximum atomic E-state index is 12.1. The number of hydrazone groups is 1. The zero-order valence-corrected chi connectivity index (χ0v) is 19.0. The number of nitrogens with zero attached hydrogens (tertiary/aromatic N) is 1. The highest BCUT2D eigenvalue weighted by atomic mass is 35.5. The van der Waals surface area contributed by atoms with Crippen LogP contribution in [0.25, 0.3) is 0 Å². The van der Waals surface area contributed by atoms with Crippen LogP contribution in [0, 0.1) is 0 Å². The van der Waals surface area contributed by atoms with Crippen molar-refractivity contribution >= 4 is 29.7 Å². The van der Waals surface area contributed by atoms with Crippen LogP contribution in [0.2, 0.25) is 5.02 Å². The first kappa shape index (κ1) is 24.0. The first-order valence-corrected chi connectivity index (χ1v) is 11.0. The van der Waals surface area contributed by atoms with Gasteiger partial charge in [-0.25, -0.2) is 10.2 Å². The molecule has 0 spiro atoms. The second-order valence-electron chi connectivity index (χ2n) is 7.29. The van der Waals surface area contributed by atoms with E-state index in [0.717, 1.165) is 24.8 Å². The van der Waals surface area contributed by atoms with Gasteiger partial charge in [-0.2, -0.15) is 5.10 Å². The highest BCUT2D eigenvalue weighted by Gasteiger charge is 2.08. The fourth-order valence-corrected chi connectivity index (χ4v) is 2.99. The molecule has 0 aliphatic carbocycles. The van der Waals surface area contributed by atoms with Crippen molar-refractivity contribution in [3.63, 3.8) is 0 Å². The van der Waals surface area contributed by atoms with Crippen LogP contribution in [0.1, 0.15) is 41.3 Å². The number of nitrogens with one attached hydrogen (secondary N) is 1. The molecule has 3 aromatic carbocycles. The van der Waals surface area contributed by atoms with Crippen LogP contribution in [-0.2, 0) is 11.2 Å². The fourth-order valence-electron chi connectivity index (χ4n) is 2.87.